The molecule has 0 amide bonds. The first-order valence-corrected chi connectivity index (χ1v) is 4.81. The van der Waals surface area contributed by atoms with Crippen LogP contribution in [-0.2, 0) is 14.3 Å². The average Bonchev–Trinajstić information content (AvgIpc) is 2.66. The van der Waals surface area contributed by atoms with Gasteiger partial charge in [-0.25, -0.2) is 4.79 Å². The molecule has 1 saturated heterocycles. The maximum absolute atomic E-state index is 10.7. The summed E-state index contributed by atoms with van der Waals surface area (Å²) in [5, 5.41) is 9.46. The third kappa shape index (κ3) is 3.89. The summed E-state index contributed by atoms with van der Waals surface area (Å²) in [6, 6.07) is 0. The van der Waals surface area contributed by atoms with Crippen LogP contribution in [0.15, 0.2) is 12.7 Å². The summed E-state index contributed by atoms with van der Waals surface area (Å²) in [4.78, 5) is 10.7. The number of aliphatic hydroxyl groups is 1. The normalized spacial score (nSPS) is 23.1. The number of carbonyl (C=O) groups excluding carboxylic acids is 1. The molecule has 0 spiro atoms. The van der Waals surface area contributed by atoms with Gasteiger partial charge in [-0.2, -0.15) is 0 Å². The molecule has 0 aliphatic carbocycles. The van der Waals surface area contributed by atoms with Crippen molar-refractivity contribution >= 4 is 5.97 Å². The van der Waals surface area contributed by atoms with Gasteiger partial charge in [0, 0.05) is 19.1 Å². The van der Waals surface area contributed by atoms with Crippen molar-refractivity contribution in [3.63, 3.8) is 0 Å². The van der Waals surface area contributed by atoms with Gasteiger partial charge in [-0.1, -0.05) is 6.58 Å². The standard InChI is InChI=1S/C10H16O4/c1-2-10(12)14-7-8(11)6-9-4-3-5-13-9/h2,8-9,11H,1,3-7H2. The molecule has 0 radical (unpaired) electrons. The molecule has 2 atom stereocenters. The van der Waals surface area contributed by atoms with Crippen LogP contribution in [0.2, 0.25) is 0 Å². The Hall–Kier alpha value is -0.870. The van der Waals surface area contributed by atoms with Crippen LogP contribution in [0.3, 0.4) is 0 Å². The maximum Gasteiger partial charge on any atom is 0.330 e. The molecule has 1 aliphatic rings. The number of hydrogen-bond donors (Lipinski definition) is 1. The number of hydrogen-bond acceptors (Lipinski definition) is 4. The predicted octanol–water partition coefficient (Wildman–Crippen LogP) is 0.646. The van der Waals surface area contributed by atoms with Crippen LogP contribution in [0.5, 0.6) is 0 Å². The fourth-order valence-corrected chi connectivity index (χ4v) is 1.44. The highest BCUT2D eigenvalue weighted by Crippen LogP contribution is 2.16. The van der Waals surface area contributed by atoms with Gasteiger partial charge in [-0.15, -0.1) is 0 Å². The van der Waals surface area contributed by atoms with Crippen LogP contribution in [0, 0.1) is 0 Å². The van der Waals surface area contributed by atoms with Crippen LogP contribution in [0.25, 0.3) is 0 Å². The summed E-state index contributed by atoms with van der Waals surface area (Å²) in [7, 11) is 0. The minimum atomic E-state index is -0.637. The molecular weight excluding hydrogens is 184 g/mol. The van der Waals surface area contributed by atoms with E-state index in [2.05, 4.69) is 6.58 Å². The van der Waals surface area contributed by atoms with Crippen molar-refractivity contribution in [2.45, 2.75) is 31.5 Å². The topological polar surface area (TPSA) is 55.8 Å². The summed E-state index contributed by atoms with van der Waals surface area (Å²) in [6.07, 6.45) is 3.12. The smallest absolute Gasteiger partial charge is 0.330 e. The molecule has 1 rings (SSSR count). The zero-order valence-corrected chi connectivity index (χ0v) is 8.15. The maximum atomic E-state index is 10.7. The zero-order valence-electron chi connectivity index (χ0n) is 8.15. The second-order valence-electron chi connectivity index (χ2n) is 3.36. The van der Waals surface area contributed by atoms with E-state index in [1.54, 1.807) is 0 Å². The van der Waals surface area contributed by atoms with Crippen LogP contribution in [0.1, 0.15) is 19.3 Å². The number of ether oxygens (including phenoxy) is 2. The van der Waals surface area contributed by atoms with Crippen LogP contribution in [0.4, 0.5) is 0 Å². The fourth-order valence-electron chi connectivity index (χ4n) is 1.44. The molecule has 0 bridgehead atoms. The van der Waals surface area contributed by atoms with Gasteiger partial charge in [-0.05, 0) is 12.8 Å². The van der Waals surface area contributed by atoms with E-state index in [1.165, 1.54) is 0 Å². The third-order valence-electron chi connectivity index (χ3n) is 2.14. The molecule has 4 heteroatoms. The lowest BCUT2D eigenvalue weighted by Gasteiger charge is -2.14. The first-order valence-electron chi connectivity index (χ1n) is 4.81. The van der Waals surface area contributed by atoms with E-state index in [0.717, 1.165) is 25.5 Å². The van der Waals surface area contributed by atoms with E-state index in [9.17, 15) is 9.90 Å². The summed E-state index contributed by atoms with van der Waals surface area (Å²) in [6.45, 7) is 4.05. The van der Waals surface area contributed by atoms with Crippen molar-refractivity contribution in [1.82, 2.24) is 0 Å². The Kier molecular flexibility index (Phi) is 4.62. The van der Waals surface area contributed by atoms with E-state index < -0.39 is 12.1 Å². The van der Waals surface area contributed by atoms with Gasteiger partial charge in [0.15, 0.2) is 0 Å². The summed E-state index contributed by atoms with van der Waals surface area (Å²) in [5.74, 6) is -0.503. The quantitative estimate of drug-likeness (QED) is 0.523. The van der Waals surface area contributed by atoms with Gasteiger partial charge >= 0.3 is 5.97 Å². The summed E-state index contributed by atoms with van der Waals surface area (Å²) in [5.41, 5.74) is 0. The van der Waals surface area contributed by atoms with Gasteiger partial charge in [-0.3, -0.25) is 0 Å². The lowest BCUT2D eigenvalue weighted by Crippen LogP contribution is -2.23. The monoisotopic (exact) mass is 200 g/mol. The second-order valence-corrected chi connectivity index (χ2v) is 3.36. The fraction of sp³-hybridized carbons (Fsp3) is 0.700. The Morgan fingerprint density at radius 3 is 3.14 bits per heavy atom. The van der Waals surface area contributed by atoms with E-state index in [4.69, 9.17) is 9.47 Å². The number of esters is 1. The van der Waals surface area contributed by atoms with Crippen LogP contribution < -0.4 is 0 Å². The van der Waals surface area contributed by atoms with E-state index in [0.29, 0.717) is 6.42 Å². The number of carbonyl (C=O) groups is 1. The zero-order chi connectivity index (χ0) is 10.4. The van der Waals surface area contributed by atoms with E-state index >= 15 is 0 Å². The highest BCUT2D eigenvalue weighted by molar-refractivity contribution is 5.81. The highest BCUT2D eigenvalue weighted by Gasteiger charge is 2.19. The Labute approximate surface area is 83.5 Å². The Morgan fingerprint density at radius 1 is 1.79 bits per heavy atom. The van der Waals surface area contributed by atoms with Crippen molar-refractivity contribution in [3.8, 4) is 0 Å². The minimum Gasteiger partial charge on any atom is -0.460 e. The van der Waals surface area contributed by atoms with Gasteiger partial charge in [0.2, 0.25) is 0 Å². The molecule has 14 heavy (non-hydrogen) atoms. The Morgan fingerprint density at radius 2 is 2.57 bits per heavy atom. The number of rotatable bonds is 5. The highest BCUT2D eigenvalue weighted by atomic mass is 16.5. The minimum absolute atomic E-state index is 0.0186. The lowest BCUT2D eigenvalue weighted by molar-refractivity contribution is -0.141. The molecule has 1 fully saturated rings. The van der Waals surface area contributed by atoms with Crippen molar-refractivity contribution in [1.29, 1.82) is 0 Å². The summed E-state index contributed by atoms with van der Waals surface area (Å²) < 4.78 is 10.0. The Balaban J connectivity index is 2.11. The first-order chi connectivity index (χ1) is 6.72. The lowest BCUT2D eigenvalue weighted by atomic mass is 10.1. The third-order valence-corrected chi connectivity index (χ3v) is 2.14. The molecule has 0 aromatic heterocycles. The van der Waals surface area contributed by atoms with Crippen molar-refractivity contribution in [2.75, 3.05) is 13.2 Å². The van der Waals surface area contributed by atoms with Gasteiger partial charge in [0.25, 0.3) is 0 Å². The molecule has 0 saturated carbocycles. The second kappa shape index (κ2) is 5.78. The van der Waals surface area contributed by atoms with Crippen molar-refractivity contribution < 1.29 is 19.4 Å². The Bertz CT molecular complexity index is 196. The molecular formula is C10H16O4. The van der Waals surface area contributed by atoms with E-state index in [1.807, 2.05) is 0 Å². The van der Waals surface area contributed by atoms with E-state index in [-0.39, 0.29) is 12.7 Å². The molecule has 4 nitrogen and oxygen atoms in total. The molecule has 0 aromatic carbocycles. The molecule has 2 unspecified atom stereocenters. The van der Waals surface area contributed by atoms with Crippen molar-refractivity contribution in [3.05, 3.63) is 12.7 Å². The average molecular weight is 200 g/mol. The predicted molar refractivity (Wildman–Crippen MR) is 50.8 cm³/mol. The van der Waals surface area contributed by atoms with Gasteiger partial charge < -0.3 is 14.6 Å². The van der Waals surface area contributed by atoms with Crippen molar-refractivity contribution in [2.24, 2.45) is 0 Å². The number of aliphatic hydroxyl groups excluding tert-OH is 1. The molecule has 1 N–H and O–H groups in total. The molecule has 80 valence electrons. The first kappa shape index (κ1) is 11.2. The molecule has 1 heterocycles. The largest absolute Gasteiger partial charge is 0.460 e. The van der Waals surface area contributed by atoms with Crippen LogP contribution >= 0.6 is 0 Å². The van der Waals surface area contributed by atoms with Gasteiger partial charge in [0.05, 0.1) is 12.2 Å². The summed E-state index contributed by atoms with van der Waals surface area (Å²) >= 11 is 0. The SMILES string of the molecule is C=CC(=O)OCC(O)CC1CCCO1. The van der Waals surface area contributed by atoms with Gasteiger partial charge in [0.1, 0.15) is 6.61 Å². The molecule has 0 aromatic rings. The van der Waals surface area contributed by atoms with Crippen LogP contribution in [-0.4, -0.2) is 36.5 Å². The molecule has 1 aliphatic heterocycles.